The highest BCUT2D eigenvalue weighted by Crippen LogP contribution is 2.24. The van der Waals surface area contributed by atoms with Crippen molar-refractivity contribution in [1.82, 2.24) is 15.1 Å². The molecular formula is C24H29N5O6. The van der Waals surface area contributed by atoms with Crippen LogP contribution in [0.1, 0.15) is 49.6 Å². The summed E-state index contributed by atoms with van der Waals surface area (Å²) < 4.78 is 5.49. The molecule has 2 fully saturated rings. The summed E-state index contributed by atoms with van der Waals surface area (Å²) in [5.74, 6) is -0.234. The van der Waals surface area contributed by atoms with Crippen LogP contribution in [0.5, 0.6) is 0 Å². The van der Waals surface area contributed by atoms with Crippen LogP contribution in [0, 0.1) is 10.1 Å². The fraction of sp³-hybridized carbons (Fsp3) is 0.458. The number of nitrogens with zero attached hydrogens (tertiary/aromatic N) is 3. The highest BCUT2D eigenvalue weighted by molar-refractivity contribution is 5.96. The quantitative estimate of drug-likeness (QED) is 0.332. The molecule has 2 aliphatic heterocycles. The molecule has 1 atom stereocenters. The maximum Gasteiger partial charge on any atom is 0.274 e. The Hall–Kier alpha value is -3.89. The van der Waals surface area contributed by atoms with Crippen LogP contribution in [0.25, 0.3) is 11.0 Å². The molecule has 0 bridgehead atoms. The summed E-state index contributed by atoms with van der Waals surface area (Å²) >= 11 is 0. The third-order valence-corrected chi connectivity index (χ3v) is 6.27. The van der Waals surface area contributed by atoms with Gasteiger partial charge in [0.1, 0.15) is 11.6 Å². The molecule has 0 saturated carbocycles. The van der Waals surface area contributed by atoms with Crippen LogP contribution in [-0.4, -0.2) is 64.5 Å². The number of rotatable bonds is 8. The van der Waals surface area contributed by atoms with E-state index in [1.165, 1.54) is 6.92 Å². The third kappa shape index (κ3) is 5.97. The molecule has 0 aliphatic carbocycles. The second kappa shape index (κ2) is 10.6. The van der Waals surface area contributed by atoms with Crippen molar-refractivity contribution in [1.29, 1.82) is 0 Å². The van der Waals surface area contributed by atoms with Gasteiger partial charge in [-0.15, -0.1) is 0 Å². The molecule has 1 aromatic heterocycles. The number of ketones is 1. The average Bonchev–Trinajstić information content (AvgIpc) is 3.46. The molecule has 2 aromatic rings. The Balaban J connectivity index is 1.48. The predicted molar refractivity (Wildman–Crippen MR) is 128 cm³/mol. The van der Waals surface area contributed by atoms with Crippen molar-refractivity contribution in [2.45, 2.75) is 45.1 Å². The Morgan fingerprint density at radius 1 is 1.17 bits per heavy atom. The van der Waals surface area contributed by atoms with E-state index in [1.807, 2.05) is 0 Å². The van der Waals surface area contributed by atoms with Gasteiger partial charge in [0.25, 0.3) is 6.20 Å². The van der Waals surface area contributed by atoms with Gasteiger partial charge in [-0.05, 0) is 56.4 Å². The normalized spacial score (nSPS) is 19.1. The topological polar surface area (TPSA) is 138 Å². The lowest BCUT2D eigenvalue weighted by atomic mass is 10.1. The van der Waals surface area contributed by atoms with Crippen molar-refractivity contribution in [2.75, 3.05) is 31.5 Å². The van der Waals surface area contributed by atoms with Crippen LogP contribution < -0.4 is 10.6 Å². The third-order valence-electron chi connectivity index (χ3n) is 6.27. The number of furan rings is 1. The highest BCUT2D eigenvalue weighted by atomic mass is 16.6. The Morgan fingerprint density at radius 2 is 1.91 bits per heavy atom. The summed E-state index contributed by atoms with van der Waals surface area (Å²) in [6.45, 7) is 3.35. The van der Waals surface area contributed by atoms with E-state index in [4.69, 9.17) is 4.42 Å². The molecule has 0 radical (unpaired) electrons. The van der Waals surface area contributed by atoms with E-state index in [1.54, 1.807) is 34.1 Å². The van der Waals surface area contributed by atoms with Crippen LogP contribution in [0.4, 0.5) is 5.69 Å². The zero-order valence-electron chi connectivity index (χ0n) is 19.6. The summed E-state index contributed by atoms with van der Waals surface area (Å²) in [7, 11) is 0. The zero-order valence-corrected chi connectivity index (χ0v) is 19.6. The van der Waals surface area contributed by atoms with Gasteiger partial charge in [0.15, 0.2) is 17.4 Å². The molecular weight excluding hydrogens is 454 g/mol. The van der Waals surface area contributed by atoms with Gasteiger partial charge in [-0.3, -0.25) is 24.5 Å². The van der Waals surface area contributed by atoms with Crippen LogP contribution in [0.15, 0.2) is 40.7 Å². The minimum Gasteiger partial charge on any atom is -0.453 e. The number of nitrogens with one attached hydrogen (secondary N) is 2. The first-order valence-corrected chi connectivity index (χ1v) is 11.8. The van der Waals surface area contributed by atoms with E-state index < -0.39 is 11.0 Å². The smallest absolute Gasteiger partial charge is 0.274 e. The van der Waals surface area contributed by atoms with E-state index in [0.29, 0.717) is 29.6 Å². The van der Waals surface area contributed by atoms with E-state index in [9.17, 15) is 24.5 Å². The lowest BCUT2D eigenvalue weighted by molar-refractivity contribution is -0.403. The molecule has 2 aliphatic rings. The minimum atomic E-state index is -0.704. The van der Waals surface area contributed by atoms with Gasteiger partial charge >= 0.3 is 0 Å². The number of likely N-dealkylation sites (tertiary alicyclic amines) is 2. The fourth-order valence-corrected chi connectivity index (χ4v) is 4.47. The summed E-state index contributed by atoms with van der Waals surface area (Å²) in [5, 5.41) is 17.9. The fourth-order valence-electron chi connectivity index (χ4n) is 4.47. The molecule has 3 heterocycles. The summed E-state index contributed by atoms with van der Waals surface area (Å²) in [6.07, 6.45) is 4.73. The molecule has 11 heteroatoms. The van der Waals surface area contributed by atoms with Crippen LogP contribution in [0.2, 0.25) is 0 Å². The number of hydrogen-bond donors (Lipinski definition) is 2. The number of carbonyl (C=O) groups excluding carboxylic acids is 3. The van der Waals surface area contributed by atoms with Gasteiger partial charge in [0, 0.05) is 37.6 Å². The number of benzene rings is 1. The first kappa shape index (κ1) is 24.2. The molecule has 2 amide bonds. The number of fused-ring (bicyclic) bond motifs is 1. The average molecular weight is 484 g/mol. The first-order chi connectivity index (χ1) is 16.8. The van der Waals surface area contributed by atoms with Crippen molar-refractivity contribution >= 4 is 34.3 Å². The van der Waals surface area contributed by atoms with Crippen molar-refractivity contribution in [3.05, 3.63) is 52.2 Å². The zero-order chi connectivity index (χ0) is 24.9. The Kier molecular flexibility index (Phi) is 7.33. The number of Topliss-reactive ketones (excluding diaryl/α,β-unsaturated/α-hetero) is 1. The van der Waals surface area contributed by atoms with Crippen molar-refractivity contribution in [2.24, 2.45) is 0 Å². The molecule has 0 spiro atoms. The van der Waals surface area contributed by atoms with Gasteiger partial charge in [0.05, 0.1) is 11.5 Å². The lowest BCUT2D eigenvalue weighted by Crippen LogP contribution is -2.49. The minimum absolute atomic E-state index is 0.0222. The van der Waals surface area contributed by atoms with Crippen molar-refractivity contribution in [3.8, 4) is 0 Å². The Labute approximate surface area is 202 Å². The molecule has 186 valence electrons. The van der Waals surface area contributed by atoms with E-state index >= 15 is 0 Å². The van der Waals surface area contributed by atoms with E-state index in [-0.39, 0.29) is 35.7 Å². The highest BCUT2D eigenvalue weighted by Gasteiger charge is 2.31. The monoisotopic (exact) mass is 483 g/mol. The Morgan fingerprint density at radius 3 is 2.63 bits per heavy atom. The van der Waals surface area contributed by atoms with Crippen molar-refractivity contribution in [3.63, 3.8) is 0 Å². The predicted octanol–water partition coefficient (Wildman–Crippen LogP) is 2.72. The van der Waals surface area contributed by atoms with Gasteiger partial charge in [-0.2, -0.15) is 0 Å². The number of carbonyl (C=O) groups is 3. The van der Waals surface area contributed by atoms with Crippen LogP contribution >= 0.6 is 0 Å². The number of nitro groups is 1. The molecule has 2 N–H and O–H groups in total. The van der Waals surface area contributed by atoms with Gasteiger partial charge in [0.2, 0.25) is 11.8 Å². The largest absolute Gasteiger partial charge is 0.453 e. The second-order valence-corrected chi connectivity index (χ2v) is 8.91. The molecule has 35 heavy (non-hydrogen) atoms. The molecule has 4 rings (SSSR count). The second-order valence-electron chi connectivity index (χ2n) is 8.91. The molecule has 2 saturated heterocycles. The van der Waals surface area contributed by atoms with E-state index in [2.05, 4.69) is 10.6 Å². The van der Waals surface area contributed by atoms with Crippen molar-refractivity contribution < 1.29 is 23.7 Å². The number of anilines is 1. The molecule has 1 unspecified atom stereocenters. The lowest BCUT2D eigenvalue weighted by Gasteiger charge is -2.27. The van der Waals surface area contributed by atoms with E-state index in [0.717, 1.165) is 45.0 Å². The first-order valence-electron chi connectivity index (χ1n) is 11.8. The maximum absolute atomic E-state index is 13.2. The summed E-state index contributed by atoms with van der Waals surface area (Å²) in [4.78, 5) is 51.4. The van der Waals surface area contributed by atoms with Crippen LogP contribution in [0.3, 0.4) is 0 Å². The van der Waals surface area contributed by atoms with Gasteiger partial charge in [-0.1, -0.05) is 0 Å². The summed E-state index contributed by atoms with van der Waals surface area (Å²) in [6, 6.07) is 5.94. The SMILES string of the molecule is CC(=O)c1cc2cc(NC(=C[N+](=O)[O-])NC3CCCCN(CC(=O)N4CCCC4)C3=O)ccc2o1. The molecule has 1 aromatic carbocycles. The maximum atomic E-state index is 13.2. The van der Waals surface area contributed by atoms with Gasteiger partial charge < -0.3 is 24.9 Å². The summed E-state index contributed by atoms with van der Waals surface area (Å²) in [5.41, 5.74) is 1.04. The Bertz CT molecular complexity index is 1170. The number of amides is 2. The van der Waals surface area contributed by atoms with Crippen LogP contribution in [-0.2, 0) is 9.59 Å². The standard InChI is InChI=1S/C24H29N5O6/c1-16(30)21-13-17-12-18(7-8-20(17)35-21)25-22(14-29(33)34)26-19-6-2-3-11-28(24(19)32)15-23(31)27-9-4-5-10-27/h7-8,12-14,19,25-26H,2-6,9-11,15H2,1H3. The molecule has 11 nitrogen and oxygen atoms in total. The van der Waals surface area contributed by atoms with Gasteiger partial charge in [-0.25, -0.2) is 0 Å². The number of hydrogen-bond acceptors (Lipinski definition) is 8.